The van der Waals surface area contributed by atoms with Crippen LogP contribution in [0.2, 0.25) is 0 Å². The number of nitrogens with one attached hydrogen (secondary N) is 4. The molecule has 0 radical (unpaired) electrons. The number of likely N-dealkylation sites (tertiary alicyclic amines) is 1. The number of nitrogens with zero attached hydrogens (tertiary/aromatic N) is 6. The lowest BCUT2D eigenvalue weighted by atomic mass is 10.0. The Labute approximate surface area is 403 Å². The number of oxime groups is 1. The summed E-state index contributed by atoms with van der Waals surface area (Å²) < 4.78 is 17.7. The number of thiazole rings is 1. The first-order chi connectivity index (χ1) is 32.7. The number of aliphatic hydroxyl groups excluding tert-OH is 1. The van der Waals surface area contributed by atoms with Crippen molar-refractivity contribution < 1.29 is 62.4 Å². The van der Waals surface area contributed by atoms with E-state index in [1.807, 2.05) is 44.2 Å². The predicted octanol–water partition coefficient (Wildman–Crippen LogP) is 0.759. The fourth-order valence-electron chi connectivity index (χ4n) is 7.43. The highest BCUT2D eigenvalue weighted by Gasteiger charge is 2.37. The van der Waals surface area contributed by atoms with Gasteiger partial charge in [-0.1, -0.05) is 37.2 Å². The van der Waals surface area contributed by atoms with E-state index in [-0.39, 0.29) is 30.6 Å². The molecule has 0 saturated carbocycles. The monoisotopic (exact) mass is 1000 g/mol. The minimum atomic E-state index is -5.14. The van der Waals surface area contributed by atoms with E-state index in [0.717, 1.165) is 6.92 Å². The highest BCUT2D eigenvalue weighted by atomic mass is 32.1. The summed E-state index contributed by atoms with van der Waals surface area (Å²) in [5.74, 6) is -5.25. The molecule has 0 unspecified atom stereocenters. The number of phosphoric ester groups is 1. The van der Waals surface area contributed by atoms with Crippen LogP contribution in [0.4, 0.5) is 10.8 Å². The molecule has 3 aromatic rings. The fourth-order valence-corrected chi connectivity index (χ4v) is 8.82. The van der Waals surface area contributed by atoms with Crippen LogP contribution in [0.25, 0.3) is 0 Å². The van der Waals surface area contributed by atoms with Crippen molar-refractivity contribution >= 4 is 77.5 Å². The molecule has 0 bridgehead atoms. The maximum absolute atomic E-state index is 14.1. The van der Waals surface area contributed by atoms with Crippen molar-refractivity contribution in [3.05, 3.63) is 59.6 Å². The summed E-state index contributed by atoms with van der Waals surface area (Å²) >= 11 is 1.29. The van der Waals surface area contributed by atoms with Gasteiger partial charge < -0.3 is 56.2 Å². The number of anilines is 2. The zero-order valence-corrected chi connectivity index (χ0v) is 40.8. The maximum Gasteiger partial charge on any atom is 0.469 e. The van der Waals surface area contributed by atoms with E-state index >= 15 is 0 Å². The van der Waals surface area contributed by atoms with Gasteiger partial charge in [0.25, 0.3) is 0 Å². The molecule has 1 aromatic carbocycles. The lowest BCUT2D eigenvalue weighted by molar-refractivity contribution is -0.139. The molecule has 378 valence electrons. The van der Waals surface area contributed by atoms with Crippen molar-refractivity contribution in [3.8, 4) is 0 Å². The SMILES string of the molecule is CC(=O)N(c1ccccc1)c1nc(/C=N/OCCCCCn2cncc2C[C@H](NC(=O)[C@H](CC(C)C)NC(=O)[C@@H]2CCCN2C(C)=O)C(=O)N[C@@H](CO)C(=O)N[C@H](C(N)=O)[C@@H](C)OP(=O)(O)O)cs1. The number of carbonyl (C=O) groups excluding carboxylic acids is 7. The van der Waals surface area contributed by atoms with Crippen LogP contribution >= 0.6 is 19.2 Å². The Hall–Kier alpha value is -6.11. The van der Waals surface area contributed by atoms with Crippen molar-refractivity contribution in [1.29, 1.82) is 0 Å². The van der Waals surface area contributed by atoms with Gasteiger partial charge in [0.05, 0.1) is 36.6 Å². The first-order valence-electron chi connectivity index (χ1n) is 22.3. The van der Waals surface area contributed by atoms with Crippen molar-refractivity contribution in [1.82, 2.24) is 40.7 Å². The van der Waals surface area contributed by atoms with E-state index in [2.05, 4.69) is 40.9 Å². The second-order valence-corrected chi connectivity index (χ2v) is 18.7. The molecule has 1 saturated heterocycles. The van der Waals surface area contributed by atoms with Crippen LogP contribution in [0.3, 0.4) is 0 Å². The van der Waals surface area contributed by atoms with E-state index < -0.39 is 80.3 Å². The summed E-state index contributed by atoms with van der Waals surface area (Å²) in [6.45, 7) is 7.62. The Kier molecular flexibility index (Phi) is 21.4. The summed E-state index contributed by atoms with van der Waals surface area (Å²) in [5.41, 5.74) is 7.06. The van der Waals surface area contributed by atoms with E-state index in [1.54, 1.807) is 16.3 Å². The van der Waals surface area contributed by atoms with Gasteiger partial charge in [0, 0.05) is 50.6 Å². The lowest BCUT2D eigenvalue weighted by Gasteiger charge is -2.28. The third-order valence-electron chi connectivity index (χ3n) is 10.8. The molecule has 3 heterocycles. The highest BCUT2D eigenvalue weighted by Crippen LogP contribution is 2.38. The van der Waals surface area contributed by atoms with E-state index in [1.165, 1.54) is 47.4 Å². The number of aromatic nitrogens is 3. The van der Waals surface area contributed by atoms with Gasteiger partial charge in [-0.15, -0.1) is 11.3 Å². The van der Waals surface area contributed by atoms with Gasteiger partial charge in [0.2, 0.25) is 41.4 Å². The van der Waals surface area contributed by atoms with Crippen LogP contribution in [0.1, 0.15) is 84.5 Å². The van der Waals surface area contributed by atoms with Crippen LogP contribution in [0, 0.1) is 5.92 Å². The number of rotatable bonds is 27. The van der Waals surface area contributed by atoms with Gasteiger partial charge >= 0.3 is 7.82 Å². The maximum atomic E-state index is 14.1. The topological polar surface area (TPSA) is 339 Å². The van der Waals surface area contributed by atoms with Gasteiger partial charge in [-0.25, -0.2) is 14.5 Å². The molecule has 6 atom stereocenters. The normalized spacial score (nSPS) is 16.0. The van der Waals surface area contributed by atoms with Crippen molar-refractivity contribution in [3.63, 3.8) is 0 Å². The van der Waals surface area contributed by atoms with Crippen LogP contribution in [-0.4, -0.2) is 138 Å². The number of hydrogen-bond acceptors (Lipinski definition) is 15. The first-order valence-corrected chi connectivity index (χ1v) is 24.7. The average molecular weight is 1000 g/mol. The molecule has 2 aromatic heterocycles. The van der Waals surface area contributed by atoms with Crippen LogP contribution in [-0.2, 0) is 60.5 Å². The van der Waals surface area contributed by atoms with Crippen LogP contribution in [0.15, 0.2) is 53.4 Å². The molecular formula is C43H62N11O13PS. The number of primary amides is 1. The minimum absolute atomic E-state index is 0.117. The quantitative estimate of drug-likeness (QED) is 0.0226. The molecule has 24 nitrogen and oxygen atoms in total. The smallest absolute Gasteiger partial charge is 0.396 e. The molecule has 0 spiro atoms. The Morgan fingerprint density at radius 3 is 2.29 bits per heavy atom. The van der Waals surface area contributed by atoms with Crippen molar-refractivity contribution in [2.24, 2.45) is 16.8 Å². The molecule has 1 fully saturated rings. The Morgan fingerprint density at radius 2 is 1.65 bits per heavy atom. The molecule has 0 aliphatic carbocycles. The second-order valence-electron chi connectivity index (χ2n) is 16.7. The number of aliphatic hydroxyl groups is 1. The van der Waals surface area contributed by atoms with Crippen LogP contribution in [0.5, 0.6) is 0 Å². The largest absolute Gasteiger partial charge is 0.469 e. The summed E-state index contributed by atoms with van der Waals surface area (Å²) in [6, 6.07) is 2.19. The van der Waals surface area contributed by atoms with E-state index in [0.29, 0.717) is 74.0 Å². The number of benzene rings is 1. The number of imidazole rings is 1. The Bertz CT molecular complexity index is 2310. The van der Waals surface area contributed by atoms with Gasteiger partial charge in [0.15, 0.2) is 5.13 Å². The van der Waals surface area contributed by atoms with Gasteiger partial charge in [-0.3, -0.25) is 43.0 Å². The van der Waals surface area contributed by atoms with Gasteiger partial charge in [0.1, 0.15) is 36.8 Å². The fraction of sp³-hybridized carbons (Fsp3) is 0.535. The predicted molar refractivity (Wildman–Crippen MR) is 251 cm³/mol. The van der Waals surface area contributed by atoms with E-state index in [9.17, 15) is 53.0 Å². The minimum Gasteiger partial charge on any atom is -0.396 e. The number of aryl methyl sites for hydroxylation is 1. The Balaban J connectivity index is 1.43. The second kappa shape index (κ2) is 26.6. The number of hydrogen-bond donors (Lipinski definition) is 8. The molecule has 69 heavy (non-hydrogen) atoms. The zero-order valence-electron chi connectivity index (χ0n) is 39.1. The lowest BCUT2D eigenvalue weighted by Crippen LogP contribution is -2.61. The zero-order chi connectivity index (χ0) is 50.8. The number of nitrogens with two attached hydrogens (primary N) is 1. The number of unbranched alkanes of at least 4 members (excludes halogenated alkanes) is 2. The van der Waals surface area contributed by atoms with Gasteiger partial charge in [-0.05, 0) is 63.5 Å². The summed E-state index contributed by atoms with van der Waals surface area (Å²) in [6.07, 6.45) is 5.76. The van der Waals surface area contributed by atoms with Gasteiger partial charge in [-0.2, -0.15) is 0 Å². The Morgan fingerprint density at radius 1 is 0.971 bits per heavy atom. The molecule has 4 rings (SSSR count). The molecule has 1 aliphatic heterocycles. The van der Waals surface area contributed by atoms with Crippen molar-refractivity contribution in [2.45, 2.75) is 122 Å². The molecule has 26 heteroatoms. The number of amides is 7. The average Bonchev–Trinajstić information content (AvgIpc) is 4.07. The van der Waals surface area contributed by atoms with Crippen LogP contribution < -0.4 is 31.9 Å². The van der Waals surface area contributed by atoms with E-state index in [4.69, 9.17) is 10.6 Å². The number of phosphoric acid groups is 1. The molecule has 1 aliphatic rings. The molecular weight excluding hydrogens is 942 g/mol. The third-order valence-corrected chi connectivity index (χ3v) is 12.2. The summed E-state index contributed by atoms with van der Waals surface area (Å²) in [4.78, 5) is 127. The number of carbonyl (C=O) groups is 7. The first kappa shape index (κ1) is 55.5. The summed E-state index contributed by atoms with van der Waals surface area (Å²) in [5, 5.41) is 26.4. The molecule has 9 N–H and O–H groups in total. The number of para-hydroxylation sites is 1. The van der Waals surface area contributed by atoms with Crippen molar-refractivity contribution in [2.75, 3.05) is 24.7 Å². The third kappa shape index (κ3) is 17.4. The standard InChI is InChI=1S/C43H62N11O13PS/c1-26(2)19-33(49-42(62)36-15-12-17-53(36)28(4)56)39(59)48-34(40(60)50-35(23-55)41(61)51-37(38(44)58)27(3)67-68(63,64)65)20-32-22-45-25-52(32)16-10-7-11-18-66-46-21-30-24-69-43(47-30)54(29(5)57)31-13-8-6-9-14-31/h6,8-9,13-14,21-22,24-27,33-37,55H,7,10-12,15-20,23H2,1-5H3,(H2,44,58)(H,48,59)(H,49,62)(H,50,60)(H,51,61)(H2,63,64,65)/b46-21+/t27-,33+,34+,35+,36+,37+/m1/s1. The summed E-state index contributed by atoms with van der Waals surface area (Å²) in [7, 11) is -5.14. The molecule has 7 amide bonds. The highest BCUT2D eigenvalue weighted by molar-refractivity contribution is 7.46.